The van der Waals surface area contributed by atoms with Crippen LogP contribution in [0.5, 0.6) is 5.75 Å². The minimum absolute atomic E-state index is 0.292. The molecule has 0 aliphatic rings. The molecule has 0 spiro atoms. The van der Waals surface area contributed by atoms with Crippen molar-refractivity contribution in [3.63, 3.8) is 0 Å². The number of carbonyl (C=O) groups excluding carboxylic acids is 2. The lowest BCUT2D eigenvalue weighted by molar-refractivity contribution is -0.128. The molecule has 24 heavy (non-hydrogen) atoms. The zero-order valence-corrected chi connectivity index (χ0v) is 15.6. The molecule has 5 nitrogen and oxygen atoms in total. The predicted octanol–water partition coefficient (Wildman–Crippen LogP) is 3.98. The molecule has 0 saturated heterocycles. The number of hydrogen-bond acceptors (Lipinski definition) is 3. The summed E-state index contributed by atoms with van der Waals surface area (Å²) in [6.07, 6.45) is -0.869. The third kappa shape index (κ3) is 5.12. The van der Waals surface area contributed by atoms with Crippen LogP contribution < -0.4 is 15.6 Å². The van der Waals surface area contributed by atoms with Gasteiger partial charge in [0.2, 0.25) is 0 Å². The van der Waals surface area contributed by atoms with E-state index >= 15 is 0 Å². The van der Waals surface area contributed by atoms with Gasteiger partial charge in [-0.3, -0.25) is 20.4 Å². The molecule has 8 heteroatoms. The Morgan fingerprint density at radius 3 is 2.54 bits per heavy atom. The highest BCUT2D eigenvalue weighted by Gasteiger charge is 2.17. The molecule has 1 unspecified atom stereocenters. The molecule has 0 aromatic heterocycles. The first-order valence-corrected chi connectivity index (χ1v) is 8.39. The summed E-state index contributed by atoms with van der Waals surface area (Å²) in [6, 6.07) is 11.4. The van der Waals surface area contributed by atoms with Gasteiger partial charge in [-0.1, -0.05) is 45.2 Å². The highest BCUT2D eigenvalue weighted by atomic mass is 79.9. The molecular weight excluding hydrogens is 419 g/mol. The van der Waals surface area contributed by atoms with Gasteiger partial charge in [-0.25, -0.2) is 0 Å². The minimum atomic E-state index is -0.869. The SMILES string of the molecule is CC(Oc1ccc(Cl)cc1Cl)C(=O)NNC(=O)c1cccc(Br)c1. The smallest absolute Gasteiger partial charge is 0.279 e. The minimum Gasteiger partial charge on any atom is -0.479 e. The van der Waals surface area contributed by atoms with E-state index in [4.69, 9.17) is 27.9 Å². The Balaban J connectivity index is 1.90. The molecule has 2 rings (SSSR count). The summed E-state index contributed by atoms with van der Waals surface area (Å²) >= 11 is 15.1. The van der Waals surface area contributed by atoms with Crippen LogP contribution in [0.25, 0.3) is 0 Å². The van der Waals surface area contributed by atoms with Crippen molar-refractivity contribution in [3.8, 4) is 5.75 Å². The Kier molecular flexibility index (Phi) is 6.48. The number of amides is 2. The van der Waals surface area contributed by atoms with Gasteiger partial charge in [-0.2, -0.15) is 0 Å². The van der Waals surface area contributed by atoms with Gasteiger partial charge in [0.25, 0.3) is 11.8 Å². The molecule has 0 saturated carbocycles. The molecule has 2 amide bonds. The number of halogens is 3. The third-order valence-electron chi connectivity index (χ3n) is 2.95. The van der Waals surface area contributed by atoms with Crippen molar-refractivity contribution in [3.05, 3.63) is 62.5 Å². The van der Waals surface area contributed by atoms with Gasteiger partial charge < -0.3 is 4.74 Å². The van der Waals surface area contributed by atoms with Gasteiger partial charge in [-0.15, -0.1) is 0 Å². The lowest BCUT2D eigenvalue weighted by Gasteiger charge is -2.16. The van der Waals surface area contributed by atoms with E-state index in [9.17, 15) is 9.59 Å². The summed E-state index contributed by atoms with van der Waals surface area (Å²) in [5, 5.41) is 0.756. The summed E-state index contributed by atoms with van der Waals surface area (Å²) in [7, 11) is 0. The van der Waals surface area contributed by atoms with Crippen LogP contribution in [0.15, 0.2) is 46.9 Å². The molecule has 0 aliphatic carbocycles. The molecular formula is C16H13BrCl2N2O3. The van der Waals surface area contributed by atoms with E-state index in [-0.39, 0.29) is 0 Å². The molecule has 0 aliphatic heterocycles. The quantitative estimate of drug-likeness (QED) is 0.719. The Bertz CT molecular complexity index is 771. The maximum atomic E-state index is 12.0. The van der Waals surface area contributed by atoms with E-state index in [2.05, 4.69) is 26.8 Å². The van der Waals surface area contributed by atoms with Crippen LogP contribution >= 0.6 is 39.1 Å². The Labute approximate surface area is 157 Å². The van der Waals surface area contributed by atoms with Crippen molar-refractivity contribution >= 4 is 50.9 Å². The van der Waals surface area contributed by atoms with Crippen molar-refractivity contribution in [2.75, 3.05) is 0 Å². The van der Waals surface area contributed by atoms with E-state index < -0.39 is 17.9 Å². The number of nitrogens with one attached hydrogen (secondary N) is 2. The van der Waals surface area contributed by atoms with Crippen LogP contribution in [0.3, 0.4) is 0 Å². The largest absolute Gasteiger partial charge is 0.479 e. The summed E-state index contributed by atoms with van der Waals surface area (Å²) in [5.74, 6) is -0.646. The molecule has 126 valence electrons. The van der Waals surface area contributed by atoms with E-state index in [1.54, 1.807) is 36.4 Å². The summed E-state index contributed by atoms with van der Waals surface area (Å²) in [5.41, 5.74) is 5.03. The predicted molar refractivity (Wildman–Crippen MR) is 96.3 cm³/mol. The lowest BCUT2D eigenvalue weighted by atomic mass is 10.2. The van der Waals surface area contributed by atoms with Crippen LogP contribution in [-0.2, 0) is 4.79 Å². The maximum Gasteiger partial charge on any atom is 0.279 e. The average molecular weight is 432 g/mol. The second-order valence-electron chi connectivity index (χ2n) is 4.79. The Hall–Kier alpha value is -1.76. The van der Waals surface area contributed by atoms with E-state index in [0.29, 0.717) is 21.4 Å². The van der Waals surface area contributed by atoms with Gasteiger partial charge in [0, 0.05) is 15.1 Å². The highest BCUT2D eigenvalue weighted by molar-refractivity contribution is 9.10. The standard InChI is InChI=1S/C16H13BrCl2N2O3/c1-9(24-14-6-5-12(18)8-13(14)19)15(22)20-21-16(23)10-3-2-4-11(17)7-10/h2-9H,1H3,(H,20,22)(H,21,23). The lowest BCUT2D eigenvalue weighted by Crippen LogP contribution is -2.47. The van der Waals surface area contributed by atoms with Gasteiger partial charge in [0.1, 0.15) is 5.75 Å². The fraction of sp³-hybridized carbons (Fsp3) is 0.125. The molecule has 0 bridgehead atoms. The maximum absolute atomic E-state index is 12.0. The number of ether oxygens (including phenoxy) is 1. The average Bonchev–Trinajstić information content (AvgIpc) is 2.54. The number of hydrazine groups is 1. The molecule has 2 aromatic rings. The normalized spacial score (nSPS) is 11.5. The van der Waals surface area contributed by atoms with Crippen molar-refractivity contribution in [1.29, 1.82) is 0 Å². The first-order valence-electron chi connectivity index (χ1n) is 6.84. The van der Waals surface area contributed by atoms with Crippen LogP contribution in [0.4, 0.5) is 0 Å². The monoisotopic (exact) mass is 430 g/mol. The van der Waals surface area contributed by atoms with Gasteiger partial charge >= 0.3 is 0 Å². The first-order chi connectivity index (χ1) is 11.4. The van der Waals surface area contributed by atoms with E-state index in [0.717, 1.165) is 4.47 Å². The number of benzene rings is 2. The summed E-state index contributed by atoms with van der Waals surface area (Å²) < 4.78 is 6.22. The molecule has 0 fully saturated rings. The summed E-state index contributed by atoms with van der Waals surface area (Å²) in [6.45, 7) is 1.53. The number of hydrogen-bond donors (Lipinski definition) is 2. The third-order valence-corrected chi connectivity index (χ3v) is 3.98. The molecule has 0 radical (unpaired) electrons. The zero-order valence-electron chi connectivity index (χ0n) is 12.5. The Morgan fingerprint density at radius 2 is 1.88 bits per heavy atom. The van der Waals surface area contributed by atoms with Gasteiger partial charge in [0.05, 0.1) is 5.02 Å². The zero-order chi connectivity index (χ0) is 17.7. The molecule has 1 atom stereocenters. The van der Waals surface area contributed by atoms with Crippen molar-refractivity contribution in [2.24, 2.45) is 0 Å². The van der Waals surface area contributed by atoms with Crippen LogP contribution in [0.1, 0.15) is 17.3 Å². The fourth-order valence-corrected chi connectivity index (χ4v) is 2.59. The molecule has 2 aromatic carbocycles. The molecule has 0 heterocycles. The number of rotatable bonds is 4. The first kappa shape index (κ1) is 18.6. The van der Waals surface area contributed by atoms with E-state index in [1.807, 2.05) is 0 Å². The van der Waals surface area contributed by atoms with Gasteiger partial charge in [0.15, 0.2) is 6.10 Å². The fourth-order valence-electron chi connectivity index (χ4n) is 1.74. The second kappa shape index (κ2) is 8.37. The van der Waals surface area contributed by atoms with Crippen LogP contribution in [-0.4, -0.2) is 17.9 Å². The van der Waals surface area contributed by atoms with Crippen molar-refractivity contribution in [1.82, 2.24) is 10.9 Å². The van der Waals surface area contributed by atoms with E-state index in [1.165, 1.54) is 13.0 Å². The number of carbonyl (C=O) groups is 2. The summed E-state index contributed by atoms with van der Waals surface area (Å²) in [4.78, 5) is 23.9. The topological polar surface area (TPSA) is 67.4 Å². The van der Waals surface area contributed by atoms with Crippen molar-refractivity contribution < 1.29 is 14.3 Å². The van der Waals surface area contributed by atoms with Crippen molar-refractivity contribution in [2.45, 2.75) is 13.0 Å². The molecule has 2 N–H and O–H groups in total. The second-order valence-corrected chi connectivity index (χ2v) is 6.55. The van der Waals surface area contributed by atoms with Crippen LogP contribution in [0.2, 0.25) is 10.0 Å². The van der Waals surface area contributed by atoms with Gasteiger partial charge in [-0.05, 0) is 43.3 Å². The Morgan fingerprint density at radius 1 is 1.12 bits per heavy atom. The highest BCUT2D eigenvalue weighted by Crippen LogP contribution is 2.28. The van der Waals surface area contributed by atoms with Crippen LogP contribution in [0, 0.1) is 0 Å².